The smallest absolute Gasteiger partial charge is 0.313 e. The third-order valence-electron chi connectivity index (χ3n) is 3.60. The molecule has 108 valence electrons. The van der Waals surface area contributed by atoms with E-state index in [2.05, 4.69) is 4.84 Å². The summed E-state index contributed by atoms with van der Waals surface area (Å²) in [6.07, 6.45) is 4.12. The molecule has 1 aromatic carbocycles. The summed E-state index contributed by atoms with van der Waals surface area (Å²) in [4.78, 5) is 27.9. The number of hydrogen-bond donors (Lipinski definition) is 0. The summed E-state index contributed by atoms with van der Waals surface area (Å²) in [5.41, 5.74) is 0.943. The van der Waals surface area contributed by atoms with Gasteiger partial charge in [-0.15, -0.1) is 10.1 Å². The lowest BCUT2D eigenvalue weighted by Crippen LogP contribution is -2.42. The van der Waals surface area contributed by atoms with E-state index in [0.717, 1.165) is 37.7 Å². The minimum absolute atomic E-state index is 0.0245. The maximum absolute atomic E-state index is 11.9. The van der Waals surface area contributed by atoms with E-state index in [1.165, 1.54) is 4.90 Å². The molecule has 6 heteroatoms. The summed E-state index contributed by atoms with van der Waals surface area (Å²) in [5, 5.41) is 9.35. The molecule has 0 N–H and O–H groups in total. The molecule has 1 aliphatic rings. The second-order valence-corrected chi connectivity index (χ2v) is 4.99. The molecule has 20 heavy (non-hydrogen) atoms. The number of nitrogens with zero attached hydrogens (tertiary/aromatic N) is 2. The van der Waals surface area contributed by atoms with Gasteiger partial charge in [-0.1, -0.05) is 49.6 Å². The first-order chi connectivity index (χ1) is 9.66. The SMILES string of the molecule is O=C(O[N+](=O)[O-])N(Cc1ccccc1)C1CCCCC1. The van der Waals surface area contributed by atoms with Gasteiger partial charge in [0, 0.05) is 12.6 Å². The first kappa shape index (κ1) is 14.3. The Bertz CT molecular complexity index is 458. The quantitative estimate of drug-likeness (QED) is 0.626. The van der Waals surface area contributed by atoms with Crippen molar-refractivity contribution in [2.45, 2.75) is 44.7 Å². The monoisotopic (exact) mass is 278 g/mol. The molecule has 0 radical (unpaired) electrons. The van der Waals surface area contributed by atoms with E-state index < -0.39 is 11.2 Å². The Hall–Kier alpha value is -2.11. The number of benzene rings is 1. The molecule has 6 nitrogen and oxygen atoms in total. The molecule has 0 aromatic heterocycles. The standard InChI is InChI=1S/C14H18N2O4/c17-14(20-16(18)19)15(13-9-5-2-6-10-13)11-12-7-3-1-4-8-12/h1,3-4,7-8,13H,2,5-6,9-11H2. The van der Waals surface area contributed by atoms with Crippen LogP contribution in [0.25, 0.3) is 0 Å². The van der Waals surface area contributed by atoms with Gasteiger partial charge in [-0.2, -0.15) is 0 Å². The van der Waals surface area contributed by atoms with Gasteiger partial charge in [0.15, 0.2) is 0 Å². The van der Waals surface area contributed by atoms with Crippen LogP contribution in [0.5, 0.6) is 0 Å². The van der Waals surface area contributed by atoms with Crippen LogP contribution in [-0.4, -0.2) is 22.1 Å². The Morgan fingerprint density at radius 1 is 1.25 bits per heavy atom. The maximum atomic E-state index is 11.9. The molecule has 1 aliphatic carbocycles. The second-order valence-electron chi connectivity index (χ2n) is 4.99. The zero-order valence-electron chi connectivity index (χ0n) is 11.2. The Morgan fingerprint density at radius 2 is 1.90 bits per heavy atom. The molecule has 0 bridgehead atoms. The van der Waals surface area contributed by atoms with Crippen molar-refractivity contribution in [1.29, 1.82) is 0 Å². The van der Waals surface area contributed by atoms with Crippen molar-refractivity contribution in [3.05, 3.63) is 46.0 Å². The van der Waals surface area contributed by atoms with E-state index in [1.807, 2.05) is 30.3 Å². The summed E-state index contributed by atoms with van der Waals surface area (Å²) >= 11 is 0. The molecule has 2 rings (SSSR count). The van der Waals surface area contributed by atoms with Crippen molar-refractivity contribution < 1.29 is 14.7 Å². The lowest BCUT2D eigenvalue weighted by molar-refractivity contribution is -0.729. The highest BCUT2D eigenvalue weighted by atomic mass is 17.0. The van der Waals surface area contributed by atoms with E-state index >= 15 is 0 Å². The van der Waals surface area contributed by atoms with E-state index in [0.29, 0.717) is 6.54 Å². The van der Waals surface area contributed by atoms with Crippen molar-refractivity contribution in [1.82, 2.24) is 4.90 Å². The summed E-state index contributed by atoms with van der Waals surface area (Å²) in [7, 11) is 0. The highest BCUT2D eigenvalue weighted by Crippen LogP contribution is 2.24. The van der Waals surface area contributed by atoms with Gasteiger partial charge >= 0.3 is 11.2 Å². The van der Waals surface area contributed by atoms with Gasteiger partial charge < -0.3 is 4.90 Å². The molecule has 1 saturated carbocycles. The number of hydrogen-bond acceptors (Lipinski definition) is 4. The van der Waals surface area contributed by atoms with Crippen LogP contribution in [0, 0.1) is 10.1 Å². The molecule has 0 unspecified atom stereocenters. The Balaban J connectivity index is 2.10. The van der Waals surface area contributed by atoms with Crippen molar-refractivity contribution in [3.63, 3.8) is 0 Å². The Kier molecular flexibility index (Phi) is 4.92. The average Bonchev–Trinajstić information content (AvgIpc) is 2.46. The molecule has 1 amide bonds. The minimum Gasteiger partial charge on any atom is -0.313 e. The average molecular weight is 278 g/mol. The van der Waals surface area contributed by atoms with Crippen LogP contribution >= 0.6 is 0 Å². The van der Waals surface area contributed by atoms with Gasteiger partial charge in [-0.25, -0.2) is 9.63 Å². The zero-order chi connectivity index (χ0) is 14.4. The lowest BCUT2D eigenvalue weighted by Gasteiger charge is -2.33. The number of amides is 1. The highest BCUT2D eigenvalue weighted by molar-refractivity contribution is 5.67. The van der Waals surface area contributed by atoms with E-state index in [4.69, 9.17) is 0 Å². The van der Waals surface area contributed by atoms with Gasteiger partial charge in [-0.05, 0) is 18.4 Å². The molecule has 0 atom stereocenters. The normalized spacial score (nSPS) is 15.6. The fourth-order valence-electron chi connectivity index (χ4n) is 2.63. The lowest BCUT2D eigenvalue weighted by atomic mass is 9.94. The fourth-order valence-corrected chi connectivity index (χ4v) is 2.63. The molecule has 0 spiro atoms. The third kappa shape index (κ3) is 3.94. The molecule has 0 aliphatic heterocycles. The molecule has 1 fully saturated rings. The van der Waals surface area contributed by atoms with Gasteiger partial charge in [0.2, 0.25) is 0 Å². The Labute approximate surface area is 117 Å². The summed E-state index contributed by atoms with van der Waals surface area (Å²) in [6, 6.07) is 9.48. The van der Waals surface area contributed by atoms with Crippen molar-refractivity contribution >= 4 is 6.09 Å². The first-order valence-corrected chi connectivity index (χ1v) is 6.83. The third-order valence-corrected chi connectivity index (χ3v) is 3.60. The fraction of sp³-hybridized carbons (Fsp3) is 0.500. The van der Waals surface area contributed by atoms with Gasteiger partial charge in [0.1, 0.15) is 0 Å². The minimum atomic E-state index is -1.04. The Morgan fingerprint density at radius 3 is 2.50 bits per heavy atom. The summed E-state index contributed by atoms with van der Waals surface area (Å²) in [5.74, 6) is 0. The second kappa shape index (κ2) is 6.88. The van der Waals surface area contributed by atoms with Crippen LogP contribution in [0.2, 0.25) is 0 Å². The van der Waals surface area contributed by atoms with Crippen molar-refractivity contribution in [3.8, 4) is 0 Å². The summed E-state index contributed by atoms with van der Waals surface area (Å²) < 4.78 is 0. The number of carbonyl (C=O) groups is 1. The largest absolute Gasteiger partial charge is 0.399 e. The van der Waals surface area contributed by atoms with Crippen molar-refractivity contribution in [2.75, 3.05) is 0 Å². The molecule has 0 saturated heterocycles. The van der Waals surface area contributed by atoms with Crippen LogP contribution in [0.15, 0.2) is 30.3 Å². The van der Waals surface area contributed by atoms with Crippen LogP contribution < -0.4 is 0 Å². The topological polar surface area (TPSA) is 72.7 Å². The van der Waals surface area contributed by atoms with Crippen LogP contribution in [-0.2, 0) is 11.4 Å². The predicted octanol–water partition coefficient (Wildman–Crippen LogP) is 3.15. The van der Waals surface area contributed by atoms with Crippen LogP contribution in [0.3, 0.4) is 0 Å². The first-order valence-electron chi connectivity index (χ1n) is 6.83. The predicted molar refractivity (Wildman–Crippen MR) is 72.3 cm³/mol. The maximum Gasteiger partial charge on any atom is 0.399 e. The van der Waals surface area contributed by atoms with Crippen molar-refractivity contribution in [2.24, 2.45) is 0 Å². The van der Waals surface area contributed by atoms with Crippen LogP contribution in [0.4, 0.5) is 4.79 Å². The van der Waals surface area contributed by atoms with E-state index in [9.17, 15) is 14.9 Å². The number of rotatable bonds is 4. The summed E-state index contributed by atoms with van der Waals surface area (Å²) in [6.45, 7) is 0.345. The van der Waals surface area contributed by atoms with Gasteiger partial charge in [-0.3, -0.25) is 0 Å². The van der Waals surface area contributed by atoms with Gasteiger partial charge in [0.05, 0.1) is 0 Å². The van der Waals surface area contributed by atoms with E-state index in [1.54, 1.807) is 0 Å². The van der Waals surface area contributed by atoms with Crippen LogP contribution in [0.1, 0.15) is 37.7 Å². The zero-order valence-corrected chi connectivity index (χ0v) is 11.2. The molecular formula is C14H18N2O4. The highest BCUT2D eigenvalue weighted by Gasteiger charge is 2.27. The molecule has 0 heterocycles. The molecule has 1 aromatic rings. The number of carbonyl (C=O) groups excluding carboxylic acids is 1. The van der Waals surface area contributed by atoms with Gasteiger partial charge in [0.25, 0.3) is 0 Å². The molecular weight excluding hydrogens is 260 g/mol. The van der Waals surface area contributed by atoms with E-state index in [-0.39, 0.29) is 6.04 Å².